The van der Waals surface area contributed by atoms with Crippen molar-refractivity contribution < 1.29 is 9.90 Å². The van der Waals surface area contributed by atoms with Crippen LogP contribution in [0.25, 0.3) is 0 Å². The first kappa shape index (κ1) is 16.8. The second kappa shape index (κ2) is 6.94. The number of aromatic nitrogens is 2. The lowest BCUT2D eigenvalue weighted by molar-refractivity contribution is -0.142. The second-order valence-electron chi connectivity index (χ2n) is 7.15. The molecule has 4 rings (SSSR count). The fraction of sp³-hybridized carbons (Fsp3) is 0.450. The van der Waals surface area contributed by atoms with Gasteiger partial charge in [0.15, 0.2) is 0 Å². The lowest BCUT2D eigenvalue weighted by Gasteiger charge is -2.33. The van der Waals surface area contributed by atoms with Gasteiger partial charge in [0.25, 0.3) is 0 Å². The molecule has 0 atom stereocenters. The number of anilines is 3. The fourth-order valence-electron chi connectivity index (χ4n) is 3.92. The molecule has 1 aromatic heterocycles. The lowest BCUT2D eigenvalue weighted by atomic mass is 9.97. The maximum absolute atomic E-state index is 11.2. The Hall–Kier alpha value is -2.63. The molecule has 6 nitrogen and oxygen atoms in total. The Bertz CT molecular complexity index is 815. The van der Waals surface area contributed by atoms with Crippen LogP contribution in [0.15, 0.2) is 30.3 Å². The van der Waals surface area contributed by atoms with Gasteiger partial charge >= 0.3 is 5.97 Å². The average Bonchev–Trinajstić information content (AvgIpc) is 2.67. The van der Waals surface area contributed by atoms with Crippen LogP contribution >= 0.6 is 0 Å². The molecular weight excluding hydrogens is 328 g/mol. The van der Waals surface area contributed by atoms with Gasteiger partial charge in [0.2, 0.25) is 5.95 Å². The molecule has 2 aliphatic heterocycles. The number of nitrogens with zero attached hydrogens (tertiary/aromatic N) is 4. The first-order valence-corrected chi connectivity index (χ1v) is 9.31. The highest BCUT2D eigenvalue weighted by molar-refractivity contribution is 5.70. The summed E-state index contributed by atoms with van der Waals surface area (Å²) >= 11 is 0. The maximum atomic E-state index is 11.2. The number of benzene rings is 1. The molecule has 1 aromatic carbocycles. The van der Waals surface area contributed by atoms with E-state index in [1.165, 1.54) is 11.3 Å². The maximum Gasteiger partial charge on any atom is 0.306 e. The van der Waals surface area contributed by atoms with Crippen LogP contribution in [-0.2, 0) is 11.2 Å². The van der Waals surface area contributed by atoms with E-state index in [2.05, 4.69) is 39.0 Å². The van der Waals surface area contributed by atoms with E-state index in [1.54, 1.807) is 0 Å². The topological polar surface area (TPSA) is 69.6 Å². The van der Waals surface area contributed by atoms with Gasteiger partial charge in [-0.1, -0.05) is 18.2 Å². The van der Waals surface area contributed by atoms with E-state index < -0.39 is 5.97 Å². The predicted octanol–water partition coefficient (Wildman–Crippen LogP) is 3.17. The molecule has 1 N–H and O–H groups in total. The van der Waals surface area contributed by atoms with Crippen LogP contribution in [0.4, 0.5) is 17.5 Å². The third-order valence-corrected chi connectivity index (χ3v) is 5.35. The van der Waals surface area contributed by atoms with Gasteiger partial charge in [-0.25, -0.2) is 4.98 Å². The zero-order valence-electron chi connectivity index (χ0n) is 15.1. The number of hydrogen-bond donors (Lipinski definition) is 1. The normalized spacial score (nSPS) is 17.9. The molecule has 0 aliphatic carbocycles. The molecule has 26 heavy (non-hydrogen) atoms. The van der Waals surface area contributed by atoms with Crippen molar-refractivity contribution in [2.24, 2.45) is 5.92 Å². The van der Waals surface area contributed by atoms with Crippen LogP contribution in [0.1, 0.15) is 30.5 Å². The van der Waals surface area contributed by atoms with Gasteiger partial charge in [-0.05, 0) is 44.2 Å². The summed E-state index contributed by atoms with van der Waals surface area (Å²) in [5.41, 5.74) is 3.47. The summed E-state index contributed by atoms with van der Waals surface area (Å²) in [4.78, 5) is 25.1. The van der Waals surface area contributed by atoms with Crippen molar-refractivity contribution in [3.63, 3.8) is 0 Å². The quantitative estimate of drug-likeness (QED) is 0.915. The fourth-order valence-corrected chi connectivity index (χ4v) is 3.92. The zero-order valence-corrected chi connectivity index (χ0v) is 15.1. The smallest absolute Gasteiger partial charge is 0.306 e. The Morgan fingerprint density at radius 2 is 1.92 bits per heavy atom. The minimum atomic E-state index is -0.686. The van der Waals surface area contributed by atoms with E-state index in [1.807, 2.05) is 13.0 Å². The lowest BCUT2D eigenvalue weighted by Crippen LogP contribution is -2.37. The number of piperidine rings is 1. The number of fused-ring (bicyclic) bond motifs is 1. The molecule has 0 spiro atoms. The molecule has 0 unspecified atom stereocenters. The number of aliphatic carboxylic acids is 1. The zero-order chi connectivity index (χ0) is 18.1. The molecule has 0 radical (unpaired) electrons. The van der Waals surface area contributed by atoms with Crippen molar-refractivity contribution >= 4 is 23.4 Å². The van der Waals surface area contributed by atoms with E-state index in [4.69, 9.17) is 4.98 Å². The molecule has 2 aromatic rings. The summed E-state index contributed by atoms with van der Waals surface area (Å²) in [7, 11) is 0. The van der Waals surface area contributed by atoms with Crippen molar-refractivity contribution in [3.8, 4) is 0 Å². The molecule has 1 fully saturated rings. The van der Waals surface area contributed by atoms with Gasteiger partial charge < -0.3 is 14.9 Å². The van der Waals surface area contributed by atoms with E-state index in [-0.39, 0.29) is 5.92 Å². The minimum absolute atomic E-state index is 0.234. The molecule has 0 saturated carbocycles. The van der Waals surface area contributed by atoms with Crippen molar-refractivity contribution in [1.29, 1.82) is 0 Å². The second-order valence-corrected chi connectivity index (χ2v) is 7.15. The standard InChI is InChI=1S/C20H24N4O2/c1-14-13-18(23-11-8-16(9-12-23)19(25)26)22-20(21-14)24-10-4-6-15-5-2-3-7-17(15)24/h2-3,5,7,13,16H,4,6,8-12H2,1H3,(H,25,26). The van der Waals surface area contributed by atoms with Crippen LogP contribution in [0.3, 0.4) is 0 Å². The number of carboxylic acid groups (broad SMARTS) is 1. The largest absolute Gasteiger partial charge is 0.481 e. The predicted molar refractivity (Wildman–Crippen MR) is 101 cm³/mol. The van der Waals surface area contributed by atoms with Gasteiger partial charge in [-0.2, -0.15) is 4.98 Å². The highest BCUT2D eigenvalue weighted by Gasteiger charge is 2.26. The Morgan fingerprint density at radius 3 is 2.69 bits per heavy atom. The summed E-state index contributed by atoms with van der Waals surface area (Å²) in [6, 6.07) is 10.5. The molecule has 0 amide bonds. The van der Waals surface area contributed by atoms with Crippen molar-refractivity contribution in [3.05, 3.63) is 41.6 Å². The van der Waals surface area contributed by atoms with Gasteiger partial charge in [0.05, 0.1) is 5.92 Å². The average molecular weight is 352 g/mol. The number of carboxylic acids is 1. The highest BCUT2D eigenvalue weighted by Crippen LogP contribution is 2.33. The highest BCUT2D eigenvalue weighted by atomic mass is 16.4. The van der Waals surface area contributed by atoms with Crippen LogP contribution in [0.5, 0.6) is 0 Å². The molecule has 1 saturated heterocycles. The first-order chi connectivity index (χ1) is 12.6. The summed E-state index contributed by atoms with van der Waals surface area (Å²) in [6.45, 7) is 4.36. The van der Waals surface area contributed by atoms with E-state index in [0.29, 0.717) is 12.8 Å². The Balaban J connectivity index is 1.61. The summed E-state index contributed by atoms with van der Waals surface area (Å²) in [5, 5.41) is 9.20. The summed E-state index contributed by atoms with van der Waals surface area (Å²) < 4.78 is 0. The molecule has 0 bridgehead atoms. The molecule has 2 aliphatic rings. The molecular formula is C20H24N4O2. The first-order valence-electron chi connectivity index (χ1n) is 9.31. The summed E-state index contributed by atoms with van der Waals surface area (Å²) in [5.74, 6) is 0.726. The van der Waals surface area contributed by atoms with Crippen LogP contribution < -0.4 is 9.80 Å². The van der Waals surface area contributed by atoms with Gasteiger partial charge in [-0.3, -0.25) is 4.79 Å². The van der Waals surface area contributed by atoms with Crippen LogP contribution in [-0.4, -0.2) is 40.7 Å². The number of rotatable bonds is 3. The number of para-hydroxylation sites is 1. The van der Waals surface area contributed by atoms with Crippen LogP contribution in [0, 0.1) is 12.8 Å². The van der Waals surface area contributed by atoms with E-state index in [0.717, 1.165) is 49.9 Å². The van der Waals surface area contributed by atoms with Gasteiger partial charge in [-0.15, -0.1) is 0 Å². The molecule has 6 heteroatoms. The SMILES string of the molecule is Cc1cc(N2CCC(C(=O)O)CC2)nc(N2CCCc3ccccc32)n1. The van der Waals surface area contributed by atoms with Gasteiger partial charge in [0, 0.05) is 37.1 Å². The Kier molecular flexibility index (Phi) is 4.49. The van der Waals surface area contributed by atoms with Crippen molar-refractivity contribution in [2.45, 2.75) is 32.6 Å². The minimum Gasteiger partial charge on any atom is -0.481 e. The molecule has 136 valence electrons. The Labute approximate surface area is 153 Å². The van der Waals surface area contributed by atoms with E-state index in [9.17, 15) is 9.90 Å². The monoisotopic (exact) mass is 352 g/mol. The van der Waals surface area contributed by atoms with E-state index >= 15 is 0 Å². The summed E-state index contributed by atoms with van der Waals surface area (Å²) in [6.07, 6.45) is 3.52. The van der Waals surface area contributed by atoms with Crippen molar-refractivity contribution in [2.75, 3.05) is 29.4 Å². The third-order valence-electron chi connectivity index (χ3n) is 5.35. The molecule has 3 heterocycles. The van der Waals surface area contributed by atoms with Gasteiger partial charge in [0.1, 0.15) is 5.82 Å². The third kappa shape index (κ3) is 3.23. The number of carbonyl (C=O) groups is 1. The number of aryl methyl sites for hydroxylation is 2. The number of hydrogen-bond acceptors (Lipinski definition) is 5. The van der Waals surface area contributed by atoms with Crippen LogP contribution in [0.2, 0.25) is 0 Å². The Morgan fingerprint density at radius 1 is 1.15 bits per heavy atom. The van der Waals surface area contributed by atoms with Crippen molar-refractivity contribution in [1.82, 2.24) is 9.97 Å².